The van der Waals surface area contributed by atoms with Crippen LogP contribution in [0.25, 0.3) is 0 Å². The largest absolute Gasteiger partial charge is 0.484 e. The van der Waals surface area contributed by atoms with Crippen molar-refractivity contribution < 1.29 is 19.1 Å². The quantitative estimate of drug-likeness (QED) is 0.567. The first-order chi connectivity index (χ1) is 12.5. The lowest BCUT2D eigenvalue weighted by molar-refractivity contribution is -0.118. The van der Waals surface area contributed by atoms with E-state index >= 15 is 0 Å². The highest BCUT2D eigenvalue weighted by molar-refractivity contribution is 5.92. The maximum atomic E-state index is 12.0. The summed E-state index contributed by atoms with van der Waals surface area (Å²) < 4.78 is 10.6. The Bertz CT molecular complexity index is 753. The van der Waals surface area contributed by atoms with Crippen molar-refractivity contribution in [2.45, 2.75) is 33.6 Å². The molecule has 5 heteroatoms. The van der Waals surface area contributed by atoms with Crippen molar-refractivity contribution in [3.05, 3.63) is 59.2 Å². The van der Waals surface area contributed by atoms with E-state index < -0.39 is 0 Å². The molecule has 0 spiro atoms. The number of carbonyl (C=O) groups excluding carboxylic acids is 2. The van der Waals surface area contributed by atoms with Crippen LogP contribution in [0.5, 0.6) is 5.75 Å². The number of amides is 1. The maximum Gasteiger partial charge on any atom is 0.338 e. The zero-order valence-corrected chi connectivity index (χ0v) is 15.5. The molecule has 2 rings (SSSR count). The Morgan fingerprint density at radius 1 is 1.04 bits per heavy atom. The van der Waals surface area contributed by atoms with Gasteiger partial charge in [-0.15, -0.1) is 0 Å². The van der Waals surface area contributed by atoms with Gasteiger partial charge >= 0.3 is 5.97 Å². The van der Waals surface area contributed by atoms with Crippen LogP contribution in [-0.4, -0.2) is 25.1 Å². The molecule has 0 aliphatic rings. The molecule has 0 bridgehead atoms. The molecule has 0 unspecified atom stereocenters. The number of esters is 1. The zero-order chi connectivity index (χ0) is 18.9. The predicted molar refractivity (Wildman–Crippen MR) is 102 cm³/mol. The zero-order valence-electron chi connectivity index (χ0n) is 15.5. The van der Waals surface area contributed by atoms with Gasteiger partial charge < -0.3 is 14.8 Å². The van der Waals surface area contributed by atoms with E-state index in [9.17, 15) is 9.59 Å². The van der Waals surface area contributed by atoms with E-state index in [1.165, 1.54) is 0 Å². The molecule has 2 aromatic rings. The van der Waals surface area contributed by atoms with Crippen LogP contribution < -0.4 is 10.1 Å². The van der Waals surface area contributed by atoms with E-state index in [1.807, 2.05) is 39.0 Å². The normalized spacial score (nSPS) is 10.3. The highest BCUT2D eigenvalue weighted by Crippen LogP contribution is 2.17. The van der Waals surface area contributed by atoms with Gasteiger partial charge in [0.2, 0.25) is 0 Å². The topological polar surface area (TPSA) is 64.6 Å². The van der Waals surface area contributed by atoms with Crippen molar-refractivity contribution in [2.75, 3.05) is 18.5 Å². The Hall–Kier alpha value is -2.82. The van der Waals surface area contributed by atoms with Crippen LogP contribution in [0.2, 0.25) is 0 Å². The van der Waals surface area contributed by atoms with Crippen molar-refractivity contribution in [1.29, 1.82) is 0 Å². The Labute approximate surface area is 154 Å². The molecular weight excluding hydrogens is 330 g/mol. The van der Waals surface area contributed by atoms with Crippen molar-refractivity contribution in [3.63, 3.8) is 0 Å². The van der Waals surface area contributed by atoms with Crippen molar-refractivity contribution in [2.24, 2.45) is 0 Å². The monoisotopic (exact) mass is 355 g/mol. The van der Waals surface area contributed by atoms with Crippen LogP contribution >= 0.6 is 0 Å². The van der Waals surface area contributed by atoms with Gasteiger partial charge in [0, 0.05) is 5.69 Å². The fraction of sp³-hybridized carbons (Fsp3) is 0.333. The molecule has 0 saturated carbocycles. The third-order valence-corrected chi connectivity index (χ3v) is 3.85. The van der Waals surface area contributed by atoms with Gasteiger partial charge in [-0.1, -0.05) is 31.0 Å². The summed E-state index contributed by atoms with van der Waals surface area (Å²) in [4.78, 5) is 23.9. The molecule has 0 aliphatic carbocycles. The van der Waals surface area contributed by atoms with Crippen LogP contribution in [0.3, 0.4) is 0 Å². The molecule has 0 aromatic heterocycles. The molecule has 0 fully saturated rings. The average molecular weight is 355 g/mol. The van der Waals surface area contributed by atoms with Gasteiger partial charge in [-0.3, -0.25) is 4.79 Å². The number of nitrogens with one attached hydrogen (secondary N) is 1. The molecule has 2 aromatic carbocycles. The van der Waals surface area contributed by atoms with Crippen LogP contribution in [0.4, 0.5) is 5.69 Å². The number of benzene rings is 2. The molecular formula is C21H25NO4. The molecule has 1 N–H and O–H groups in total. The summed E-state index contributed by atoms with van der Waals surface area (Å²) in [6, 6.07) is 12.4. The second kappa shape index (κ2) is 9.61. The summed E-state index contributed by atoms with van der Waals surface area (Å²) in [6.07, 6.45) is 1.83. The summed E-state index contributed by atoms with van der Waals surface area (Å²) >= 11 is 0. The molecule has 26 heavy (non-hydrogen) atoms. The Morgan fingerprint density at radius 3 is 2.42 bits per heavy atom. The van der Waals surface area contributed by atoms with Gasteiger partial charge in [0.25, 0.3) is 5.91 Å². The van der Waals surface area contributed by atoms with Crippen LogP contribution in [0, 0.1) is 13.8 Å². The van der Waals surface area contributed by atoms with Gasteiger partial charge in [-0.05, 0) is 56.2 Å². The van der Waals surface area contributed by atoms with E-state index in [4.69, 9.17) is 9.47 Å². The van der Waals surface area contributed by atoms with Crippen LogP contribution in [-0.2, 0) is 9.53 Å². The number of rotatable bonds is 8. The lowest BCUT2D eigenvalue weighted by Gasteiger charge is -2.10. The molecule has 1 amide bonds. The first-order valence-corrected chi connectivity index (χ1v) is 8.76. The van der Waals surface area contributed by atoms with E-state index in [2.05, 4.69) is 5.32 Å². The Kier molecular flexibility index (Phi) is 7.21. The second-order valence-electron chi connectivity index (χ2n) is 6.17. The fourth-order valence-electron chi connectivity index (χ4n) is 2.37. The molecule has 0 radical (unpaired) electrons. The van der Waals surface area contributed by atoms with Crippen LogP contribution in [0.15, 0.2) is 42.5 Å². The maximum absolute atomic E-state index is 12.0. The highest BCUT2D eigenvalue weighted by atomic mass is 16.5. The number of carbonyl (C=O) groups is 2. The first-order valence-electron chi connectivity index (χ1n) is 8.76. The summed E-state index contributed by atoms with van der Waals surface area (Å²) in [5, 5.41) is 2.83. The average Bonchev–Trinajstić information content (AvgIpc) is 2.63. The summed E-state index contributed by atoms with van der Waals surface area (Å²) in [5.74, 6) is -0.0662. The van der Waals surface area contributed by atoms with Gasteiger partial charge in [-0.2, -0.15) is 0 Å². The molecule has 0 aliphatic heterocycles. The van der Waals surface area contributed by atoms with Crippen LogP contribution in [0.1, 0.15) is 41.3 Å². The summed E-state index contributed by atoms with van der Waals surface area (Å²) in [6.45, 7) is 6.31. The second-order valence-corrected chi connectivity index (χ2v) is 6.17. The predicted octanol–water partition coefficient (Wildman–Crippen LogP) is 4.28. The summed E-state index contributed by atoms with van der Waals surface area (Å²) in [7, 11) is 0. The van der Waals surface area contributed by atoms with Gasteiger partial charge in [-0.25, -0.2) is 4.79 Å². The number of hydrogen-bond donors (Lipinski definition) is 1. The highest BCUT2D eigenvalue weighted by Gasteiger charge is 2.09. The van der Waals surface area contributed by atoms with E-state index in [-0.39, 0.29) is 18.5 Å². The minimum atomic E-state index is -0.349. The molecule has 0 heterocycles. The number of ether oxygens (including phenoxy) is 2. The third kappa shape index (κ3) is 5.92. The summed E-state index contributed by atoms with van der Waals surface area (Å²) in [5.41, 5.74) is 3.39. The van der Waals surface area contributed by atoms with Crippen molar-refractivity contribution >= 4 is 17.6 Å². The number of hydrogen-bond acceptors (Lipinski definition) is 4. The van der Waals surface area contributed by atoms with E-state index in [0.717, 1.165) is 29.7 Å². The third-order valence-electron chi connectivity index (χ3n) is 3.85. The SMILES string of the molecule is CCCCOC(=O)c1ccc(OCC(=O)Nc2ccc(C)cc2C)cc1. The van der Waals surface area contributed by atoms with Gasteiger partial charge in [0.15, 0.2) is 6.61 Å². The number of anilines is 1. The lowest BCUT2D eigenvalue weighted by atomic mass is 10.1. The standard InChI is InChI=1S/C21H25NO4/c1-4-5-12-25-21(24)17-7-9-18(10-8-17)26-14-20(23)22-19-11-6-15(2)13-16(19)3/h6-11,13H,4-5,12,14H2,1-3H3,(H,22,23). The Balaban J connectivity index is 1.83. The van der Waals surface area contributed by atoms with E-state index in [0.29, 0.717) is 17.9 Å². The smallest absolute Gasteiger partial charge is 0.338 e. The van der Waals surface area contributed by atoms with Gasteiger partial charge in [0.05, 0.1) is 12.2 Å². The Morgan fingerprint density at radius 2 is 1.77 bits per heavy atom. The van der Waals surface area contributed by atoms with Gasteiger partial charge in [0.1, 0.15) is 5.75 Å². The molecule has 138 valence electrons. The minimum Gasteiger partial charge on any atom is -0.484 e. The van der Waals surface area contributed by atoms with E-state index in [1.54, 1.807) is 24.3 Å². The number of unbranched alkanes of at least 4 members (excludes halogenated alkanes) is 1. The fourth-order valence-corrected chi connectivity index (χ4v) is 2.37. The first kappa shape index (κ1) is 19.5. The number of aryl methyl sites for hydroxylation is 2. The molecule has 0 atom stereocenters. The molecule has 0 saturated heterocycles. The van der Waals surface area contributed by atoms with Crippen molar-refractivity contribution in [3.8, 4) is 5.75 Å². The minimum absolute atomic E-state index is 0.104. The lowest BCUT2D eigenvalue weighted by Crippen LogP contribution is -2.20. The molecule has 5 nitrogen and oxygen atoms in total. The van der Waals surface area contributed by atoms with Crippen molar-refractivity contribution in [1.82, 2.24) is 0 Å².